The summed E-state index contributed by atoms with van der Waals surface area (Å²) in [6.07, 6.45) is -0.398. The maximum absolute atomic E-state index is 12.1. The van der Waals surface area contributed by atoms with Crippen molar-refractivity contribution in [3.8, 4) is 0 Å². The molecular weight excluding hydrogens is 287 g/mol. The van der Waals surface area contributed by atoms with Gasteiger partial charge in [-0.05, 0) is 20.8 Å². The molecule has 0 radical (unpaired) electrons. The Kier molecular flexibility index (Phi) is 8.18. The quantitative estimate of drug-likeness (QED) is 0.316. The first-order valence-electron chi connectivity index (χ1n) is 6.26. The molecule has 0 saturated carbocycles. The van der Waals surface area contributed by atoms with Gasteiger partial charge in [-0.2, -0.15) is 0 Å². The second-order valence-corrected chi connectivity index (χ2v) is 6.46. The van der Waals surface area contributed by atoms with Gasteiger partial charge in [-0.15, -0.1) is 0 Å². The Morgan fingerprint density at radius 2 is 1.50 bits per heavy atom. The van der Waals surface area contributed by atoms with Crippen molar-refractivity contribution in [1.82, 2.24) is 0 Å². The second kappa shape index (κ2) is 8.76. The third-order valence-corrected chi connectivity index (χ3v) is 3.82. The number of carbonyl (C=O) groups excluding carboxylic acids is 2. The van der Waals surface area contributed by atoms with Crippen molar-refractivity contribution >= 4 is 19.3 Å². The fourth-order valence-electron chi connectivity index (χ4n) is 1.38. The fraction of sp³-hybridized carbons (Fsp3) is 0.667. The highest BCUT2D eigenvalue weighted by Crippen LogP contribution is 2.44. The van der Waals surface area contributed by atoms with Crippen LogP contribution in [0.15, 0.2) is 11.3 Å². The molecule has 0 aliphatic rings. The number of carbonyl (C=O) groups is 2. The van der Waals surface area contributed by atoms with Gasteiger partial charge in [-0.3, -0.25) is 4.57 Å². The van der Waals surface area contributed by atoms with Crippen LogP contribution in [0.25, 0.3) is 0 Å². The van der Waals surface area contributed by atoms with Crippen LogP contribution in [0.3, 0.4) is 0 Å². The van der Waals surface area contributed by atoms with E-state index in [0.717, 1.165) is 0 Å². The van der Waals surface area contributed by atoms with Crippen molar-refractivity contribution in [1.29, 1.82) is 0 Å². The Morgan fingerprint density at radius 3 is 1.95 bits per heavy atom. The van der Waals surface area contributed by atoms with Crippen LogP contribution in [0.2, 0.25) is 0 Å². The van der Waals surface area contributed by atoms with Crippen molar-refractivity contribution in [2.24, 2.45) is 0 Å². The zero-order chi connectivity index (χ0) is 15.8. The molecule has 20 heavy (non-hydrogen) atoms. The van der Waals surface area contributed by atoms with E-state index in [4.69, 9.17) is 9.26 Å². The van der Waals surface area contributed by atoms with E-state index in [1.54, 1.807) is 20.8 Å². The van der Waals surface area contributed by atoms with Crippen LogP contribution in [0.5, 0.6) is 0 Å². The van der Waals surface area contributed by atoms with Crippen LogP contribution < -0.4 is 0 Å². The molecule has 0 amide bonds. The monoisotopic (exact) mass is 308 g/mol. The molecule has 0 bridgehead atoms. The number of aliphatic hydroxyl groups is 1. The third kappa shape index (κ3) is 6.21. The molecule has 0 rings (SSSR count). The average molecular weight is 308 g/mol. The molecule has 0 aromatic rings. The number of hydrogen-bond donors (Lipinski definition) is 1. The van der Waals surface area contributed by atoms with Gasteiger partial charge in [-0.1, -0.05) is 0 Å². The largest absolute Gasteiger partial charge is 0.501 e. The van der Waals surface area contributed by atoms with Gasteiger partial charge in [0.25, 0.3) is 0 Å². The normalized spacial score (nSPS) is 15.0. The summed E-state index contributed by atoms with van der Waals surface area (Å²) >= 11 is 0. The van der Waals surface area contributed by atoms with E-state index in [0.29, 0.717) is 0 Å². The summed E-state index contributed by atoms with van der Waals surface area (Å²) in [5.41, 5.74) is -0.399. The van der Waals surface area contributed by atoms with E-state index in [1.807, 2.05) is 0 Å². The first-order chi connectivity index (χ1) is 9.29. The van der Waals surface area contributed by atoms with Crippen LogP contribution in [0, 0.1) is 0 Å². The van der Waals surface area contributed by atoms with Crippen LogP contribution >= 0.6 is 7.37 Å². The van der Waals surface area contributed by atoms with Crippen LogP contribution in [0.4, 0.5) is 0 Å². The molecule has 0 spiro atoms. The summed E-state index contributed by atoms with van der Waals surface area (Å²) in [5.74, 6) is -2.88. The summed E-state index contributed by atoms with van der Waals surface area (Å²) in [4.78, 5) is 23.2. The number of esters is 2. The number of hydrogen-bond acceptors (Lipinski definition) is 7. The van der Waals surface area contributed by atoms with Gasteiger partial charge in [0.1, 0.15) is 0 Å². The van der Waals surface area contributed by atoms with Crippen LogP contribution in [-0.2, 0) is 28.2 Å². The predicted octanol–water partition coefficient (Wildman–Crippen LogP) is 1.87. The lowest BCUT2D eigenvalue weighted by molar-refractivity contribution is -0.144. The van der Waals surface area contributed by atoms with E-state index >= 15 is 0 Å². The Bertz CT molecular complexity index is 428. The molecule has 0 aliphatic heterocycles. The van der Waals surface area contributed by atoms with Gasteiger partial charge in [0.15, 0.2) is 0 Å². The Morgan fingerprint density at radius 1 is 1.00 bits per heavy atom. The Labute approximate surface area is 118 Å². The highest BCUT2D eigenvalue weighted by atomic mass is 31.2. The molecule has 8 heteroatoms. The molecule has 1 unspecified atom stereocenters. The lowest BCUT2D eigenvalue weighted by atomic mass is 10.2. The van der Waals surface area contributed by atoms with Crippen molar-refractivity contribution in [3.63, 3.8) is 0 Å². The highest BCUT2D eigenvalue weighted by Gasteiger charge is 2.29. The highest BCUT2D eigenvalue weighted by molar-refractivity contribution is 7.58. The molecule has 0 aromatic heterocycles. The SMILES string of the molecule is CCOC(=O)/C(O)=C(/CP(C)(=O)OCC)C(=O)OCC. The topological polar surface area (TPSA) is 99.1 Å². The summed E-state index contributed by atoms with van der Waals surface area (Å²) in [7, 11) is -3.17. The van der Waals surface area contributed by atoms with Crippen molar-refractivity contribution in [3.05, 3.63) is 11.3 Å². The molecule has 1 N–H and O–H groups in total. The molecule has 0 aliphatic carbocycles. The first kappa shape index (κ1) is 18.7. The van der Waals surface area contributed by atoms with Crippen LogP contribution in [0.1, 0.15) is 20.8 Å². The standard InChI is InChI=1S/C12H21O7P/c1-5-17-11(14)9(8-20(4,16)19-7-3)10(13)12(15)18-6-2/h13H,5-8H2,1-4H3/b10-9+. The summed E-state index contributed by atoms with van der Waals surface area (Å²) in [5, 5.41) is 9.76. The lowest BCUT2D eigenvalue weighted by Crippen LogP contribution is -2.19. The number of aliphatic hydroxyl groups excluding tert-OH is 1. The molecule has 1 atom stereocenters. The predicted molar refractivity (Wildman–Crippen MR) is 72.9 cm³/mol. The summed E-state index contributed by atoms with van der Waals surface area (Å²) < 4.78 is 26.5. The smallest absolute Gasteiger partial charge is 0.373 e. The maximum atomic E-state index is 12.1. The minimum Gasteiger partial charge on any atom is -0.501 e. The Hall–Kier alpha value is -1.33. The van der Waals surface area contributed by atoms with Gasteiger partial charge >= 0.3 is 11.9 Å². The average Bonchev–Trinajstić information content (AvgIpc) is 2.35. The second-order valence-electron chi connectivity index (χ2n) is 3.86. The number of ether oxygens (including phenoxy) is 2. The molecule has 0 heterocycles. The van der Waals surface area contributed by atoms with Crippen molar-refractivity contribution < 1.29 is 33.3 Å². The fourth-order valence-corrected chi connectivity index (χ4v) is 2.87. The number of rotatable bonds is 8. The van der Waals surface area contributed by atoms with E-state index in [9.17, 15) is 19.3 Å². The van der Waals surface area contributed by atoms with E-state index in [-0.39, 0.29) is 19.8 Å². The minimum atomic E-state index is -3.17. The van der Waals surface area contributed by atoms with Crippen molar-refractivity contribution in [2.45, 2.75) is 20.8 Å². The summed E-state index contributed by atoms with van der Waals surface area (Å²) in [6.45, 7) is 6.37. The molecule has 0 fully saturated rings. The minimum absolute atomic E-state index is 0.0360. The lowest BCUT2D eigenvalue weighted by Gasteiger charge is -2.15. The first-order valence-corrected chi connectivity index (χ1v) is 8.52. The summed E-state index contributed by atoms with van der Waals surface area (Å²) in [6, 6.07) is 0. The molecule has 116 valence electrons. The van der Waals surface area contributed by atoms with Gasteiger partial charge in [-0.25, -0.2) is 9.59 Å². The molecular formula is C12H21O7P. The maximum Gasteiger partial charge on any atom is 0.373 e. The van der Waals surface area contributed by atoms with Gasteiger partial charge < -0.3 is 19.1 Å². The van der Waals surface area contributed by atoms with E-state index in [2.05, 4.69) is 4.74 Å². The third-order valence-electron chi connectivity index (χ3n) is 2.12. The van der Waals surface area contributed by atoms with E-state index < -0.39 is 36.8 Å². The van der Waals surface area contributed by atoms with Crippen LogP contribution in [-0.4, -0.2) is 49.7 Å². The molecule has 0 aromatic carbocycles. The van der Waals surface area contributed by atoms with Gasteiger partial charge in [0.05, 0.1) is 31.6 Å². The molecule has 0 saturated heterocycles. The van der Waals surface area contributed by atoms with Gasteiger partial charge in [0.2, 0.25) is 13.1 Å². The molecule has 7 nitrogen and oxygen atoms in total. The van der Waals surface area contributed by atoms with Crippen molar-refractivity contribution in [2.75, 3.05) is 32.6 Å². The van der Waals surface area contributed by atoms with E-state index in [1.165, 1.54) is 6.66 Å². The van der Waals surface area contributed by atoms with Gasteiger partial charge in [0, 0.05) is 6.66 Å². The zero-order valence-electron chi connectivity index (χ0n) is 12.2. The zero-order valence-corrected chi connectivity index (χ0v) is 13.1. The Balaban J connectivity index is 5.38.